The zero-order valence-electron chi connectivity index (χ0n) is 15.7. The number of benzene rings is 1. The Bertz CT molecular complexity index is 532. The number of likely N-dealkylation sites (N-methyl/N-ethyl adjacent to an activating group) is 1. The standard InChI is InChI=1S/C18H29F3N4O/c1-4-22-17(24-11-12-25(2)13-14-26-3)23-10-9-15-5-7-16(8-6-15)18(19,20)21/h5-8H,4,9-14H2,1-3H3,(H2,22,23,24). The second-order valence-corrected chi connectivity index (χ2v) is 5.93. The molecule has 1 aromatic rings. The third kappa shape index (κ3) is 9.05. The van der Waals surface area contributed by atoms with E-state index in [0.717, 1.165) is 37.3 Å². The molecule has 0 radical (unpaired) electrons. The average molecular weight is 374 g/mol. The lowest BCUT2D eigenvalue weighted by Gasteiger charge is -2.15. The molecule has 0 aliphatic rings. The summed E-state index contributed by atoms with van der Waals surface area (Å²) < 4.78 is 42.7. The Kier molecular flexibility index (Phi) is 10.0. The van der Waals surface area contributed by atoms with E-state index < -0.39 is 11.7 Å². The summed E-state index contributed by atoms with van der Waals surface area (Å²) in [5.74, 6) is 0.708. The van der Waals surface area contributed by atoms with Crippen molar-refractivity contribution in [1.29, 1.82) is 0 Å². The summed E-state index contributed by atoms with van der Waals surface area (Å²) in [6.07, 6.45) is -3.67. The lowest BCUT2D eigenvalue weighted by molar-refractivity contribution is -0.137. The number of hydrogen-bond donors (Lipinski definition) is 2. The molecule has 148 valence electrons. The minimum Gasteiger partial charge on any atom is -0.383 e. The first-order chi connectivity index (χ1) is 12.4. The highest BCUT2D eigenvalue weighted by Crippen LogP contribution is 2.29. The van der Waals surface area contributed by atoms with Crippen molar-refractivity contribution in [2.75, 3.05) is 53.5 Å². The fraction of sp³-hybridized carbons (Fsp3) is 0.611. The highest BCUT2D eigenvalue weighted by molar-refractivity contribution is 5.79. The smallest absolute Gasteiger partial charge is 0.383 e. The normalized spacial score (nSPS) is 12.5. The molecular formula is C18H29F3N4O. The van der Waals surface area contributed by atoms with E-state index >= 15 is 0 Å². The largest absolute Gasteiger partial charge is 0.416 e. The van der Waals surface area contributed by atoms with Crippen LogP contribution in [-0.4, -0.2) is 64.3 Å². The van der Waals surface area contributed by atoms with Gasteiger partial charge in [0.15, 0.2) is 5.96 Å². The molecule has 0 aliphatic heterocycles. The minimum atomic E-state index is -4.29. The molecule has 1 aromatic carbocycles. The van der Waals surface area contributed by atoms with Crippen LogP contribution >= 0.6 is 0 Å². The van der Waals surface area contributed by atoms with Gasteiger partial charge in [-0.2, -0.15) is 13.2 Å². The second kappa shape index (κ2) is 11.7. The molecule has 1 rings (SSSR count). The SMILES string of the molecule is CCNC(=NCCN(C)CCOC)NCCc1ccc(C(F)(F)F)cc1. The molecule has 0 aliphatic carbocycles. The summed E-state index contributed by atoms with van der Waals surface area (Å²) in [6, 6.07) is 5.26. The number of hydrogen-bond acceptors (Lipinski definition) is 3. The highest BCUT2D eigenvalue weighted by atomic mass is 19.4. The van der Waals surface area contributed by atoms with Crippen LogP contribution in [0.25, 0.3) is 0 Å². The van der Waals surface area contributed by atoms with Gasteiger partial charge in [0.2, 0.25) is 0 Å². The van der Waals surface area contributed by atoms with E-state index in [0.29, 0.717) is 32.1 Å². The topological polar surface area (TPSA) is 48.9 Å². The van der Waals surface area contributed by atoms with Gasteiger partial charge in [-0.1, -0.05) is 12.1 Å². The molecule has 8 heteroatoms. The zero-order valence-corrected chi connectivity index (χ0v) is 15.7. The van der Waals surface area contributed by atoms with Crippen molar-refractivity contribution in [2.24, 2.45) is 4.99 Å². The number of nitrogens with one attached hydrogen (secondary N) is 2. The summed E-state index contributed by atoms with van der Waals surface area (Å²) in [7, 11) is 3.69. The molecule has 0 unspecified atom stereocenters. The maximum atomic E-state index is 12.6. The molecule has 0 atom stereocenters. The molecule has 2 N–H and O–H groups in total. The predicted octanol–water partition coefficient (Wildman–Crippen LogP) is 2.38. The van der Waals surface area contributed by atoms with Crippen molar-refractivity contribution in [1.82, 2.24) is 15.5 Å². The average Bonchev–Trinajstić information content (AvgIpc) is 2.59. The fourth-order valence-corrected chi connectivity index (χ4v) is 2.22. The summed E-state index contributed by atoms with van der Waals surface area (Å²) in [4.78, 5) is 6.64. The van der Waals surface area contributed by atoms with Crippen molar-refractivity contribution in [3.63, 3.8) is 0 Å². The van der Waals surface area contributed by atoms with Gasteiger partial charge in [0.25, 0.3) is 0 Å². The van der Waals surface area contributed by atoms with Gasteiger partial charge >= 0.3 is 6.18 Å². The van der Waals surface area contributed by atoms with Crippen LogP contribution in [0.4, 0.5) is 13.2 Å². The Labute approximate surface area is 153 Å². The van der Waals surface area contributed by atoms with Crippen LogP contribution in [0.3, 0.4) is 0 Å². The highest BCUT2D eigenvalue weighted by Gasteiger charge is 2.29. The quantitative estimate of drug-likeness (QED) is 0.488. The number of guanidine groups is 1. The number of methoxy groups -OCH3 is 1. The predicted molar refractivity (Wildman–Crippen MR) is 98.5 cm³/mol. The third-order valence-corrected chi connectivity index (χ3v) is 3.76. The van der Waals surface area contributed by atoms with Gasteiger partial charge in [0.05, 0.1) is 18.7 Å². The van der Waals surface area contributed by atoms with Crippen molar-refractivity contribution in [3.8, 4) is 0 Å². The molecule has 0 amide bonds. The molecule has 0 fully saturated rings. The van der Waals surface area contributed by atoms with Crippen LogP contribution in [0.1, 0.15) is 18.1 Å². The summed E-state index contributed by atoms with van der Waals surface area (Å²) in [5.41, 5.74) is 0.224. The van der Waals surface area contributed by atoms with Crippen LogP contribution < -0.4 is 10.6 Å². The Morgan fingerprint density at radius 2 is 1.85 bits per heavy atom. The van der Waals surface area contributed by atoms with Gasteiger partial charge in [-0.25, -0.2) is 0 Å². The van der Waals surface area contributed by atoms with Gasteiger partial charge in [0, 0.05) is 33.3 Å². The van der Waals surface area contributed by atoms with Crippen molar-refractivity contribution in [2.45, 2.75) is 19.5 Å². The number of aliphatic imine (C=N–C) groups is 1. The maximum absolute atomic E-state index is 12.6. The summed E-state index contributed by atoms with van der Waals surface area (Å²) in [5, 5.41) is 6.37. The Balaban J connectivity index is 2.41. The lowest BCUT2D eigenvalue weighted by atomic mass is 10.1. The van der Waals surface area contributed by atoms with E-state index in [-0.39, 0.29) is 0 Å². The van der Waals surface area contributed by atoms with Gasteiger partial charge in [-0.05, 0) is 38.1 Å². The molecule has 0 spiro atoms. The van der Waals surface area contributed by atoms with E-state index in [4.69, 9.17) is 4.74 Å². The first-order valence-corrected chi connectivity index (χ1v) is 8.72. The molecule has 0 aromatic heterocycles. The summed E-state index contributed by atoms with van der Waals surface area (Å²) in [6.45, 7) is 6.32. The fourth-order valence-electron chi connectivity index (χ4n) is 2.22. The van der Waals surface area contributed by atoms with Crippen molar-refractivity contribution in [3.05, 3.63) is 35.4 Å². The molecule has 0 saturated carbocycles. The number of nitrogens with zero attached hydrogens (tertiary/aromatic N) is 2. The Morgan fingerprint density at radius 3 is 2.42 bits per heavy atom. The minimum absolute atomic E-state index is 0.594. The van der Waals surface area contributed by atoms with E-state index in [1.54, 1.807) is 7.11 Å². The van der Waals surface area contributed by atoms with E-state index in [2.05, 4.69) is 20.5 Å². The third-order valence-electron chi connectivity index (χ3n) is 3.76. The number of ether oxygens (including phenoxy) is 1. The van der Waals surface area contributed by atoms with E-state index in [1.807, 2.05) is 14.0 Å². The van der Waals surface area contributed by atoms with Gasteiger partial charge in [-0.15, -0.1) is 0 Å². The van der Waals surface area contributed by atoms with E-state index in [1.165, 1.54) is 12.1 Å². The van der Waals surface area contributed by atoms with Crippen LogP contribution in [0, 0.1) is 0 Å². The number of halogens is 3. The van der Waals surface area contributed by atoms with Crippen molar-refractivity contribution < 1.29 is 17.9 Å². The van der Waals surface area contributed by atoms with Gasteiger partial charge < -0.3 is 20.3 Å². The molecule has 0 saturated heterocycles. The van der Waals surface area contributed by atoms with Crippen LogP contribution in [0.5, 0.6) is 0 Å². The van der Waals surface area contributed by atoms with Crippen LogP contribution in [0.15, 0.2) is 29.3 Å². The van der Waals surface area contributed by atoms with Gasteiger partial charge in [-0.3, -0.25) is 4.99 Å². The molecule has 0 bridgehead atoms. The first kappa shape index (κ1) is 22.2. The Morgan fingerprint density at radius 1 is 1.15 bits per heavy atom. The zero-order chi connectivity index (χ0) is 19.4. The number of rotatable bonds is 10. The monoisotopic (exact) mass is 374 g/mol. The van der Waals surface area contributed by atoms with E-state index in [9.17, 15) is 13.2 Å². The van der Waals surface area contributed by atoms with Crippen LogP contribution in [0.2, 0.25) is 0 Å². The van der Waals surface area contributed by atoms with Crippen LogP contribution in [-0.2, 0) is 17.3 Å². The molecule has 26 heavy (non-hydrogen) atoms. The Hall–Kier alpha value is -1.80. The van der Waals surface area contributed by atoms with Crippen molar-refractivity contribution >= 4 is 5.96 Å². The summed E-state index contributed by atoms with van der Waals surface area (Å²) >= 11 is 0. The maximum Gasteiger partial charge on any atom is 0.416 e. The second-order valence-electron chi connectivity index (χ2n) is 5.93. The lowest BCUT2D eigenvalue weighted by Crippen LogP contribution is -2.39. The first-order valence-electron chi connectivity index (χ1n) is 8.72. The number of alkyl halides is 3. The molecule has 5 nitrogen and oxygen atoms in total. The molecule has 0 heterocycles. The van der Waals surface area contributed by atoms with Gasteiger partial charge in [0.1, 0.15) is 0 Å². The molecular weight excluding hydrogens is 345 g/mol.